The zero-order valence-electron chi connectivity index (χ0n) is 11.5. The molecule has 0 spiro atoms. The van der Waals surface area contributed by atoms with E-state index in [2.05, 4.69) is 4.99 Å². The third kappa shape index (κ3) is 2.27. The van der Waals surface area contributed by atoms with Crippen LogP contribution in [0.2, 0.25) is 0 Å². The van der Waals surface area contributed by atoms with Crippen molar-refractivity contribution in [3.05, 3.63) is 59.4 Å². The second-order valence-corrected chi connectivity index (χ2v) is 4.87. The summed E-state index contributed by atoms with van der Waals surface area (Å²) in [4.78, 5) is 17.8. The highest BCUT2D eigenvalue weighted by atomic mass is 19.1. The predicted molar refractivity (Wildman–Crippen MR) is 81.2 cm³/mol. The minimum absolute atomic E-state index is 0.0191. The number of hydrogen-bond donors (Lipinski definition) is 1. The van der Waals surface area contributed by atoms with Gasteiger partial charge in [0, 0.05) is 23.9 Å². The Balaban J connectivity index is 2.26. The van der Waals surface area contributed by atoms with Crippen LogP contribution in [0.25, 0.3) is 0 Å². The number of hydrogen-bond acceptors (Lipinski definition) is 3. The molecule has 0 aliphatic carbocycles. The minimum Gasteiger partial charge on any atom is -0.399 e. The number of anilines is 2. The number of nitrogens with two attached hydrogens (primary N) is 1. The van der Waals surface area contributed by atoms with E-state index in [4.69, 9.17) is 5.73 Å². The van der Waals surface area contributed by atoms with Gasteiger partial charge in [-0.15, -0.1) is 0 Å². The van der Waals surface area contributed by atoms with E-state index < -0.39 is 0 Å². The maximum absolute atomic E-state index is 14.1. The van der Waals surface area contributed by atoms with Crippen molar-refractivity contribution >= 4 is 23.0 Å². The average Bonchev–Trinajstić information content (AvgIpc) is 2.59. The largest absolute Gasteiger partial charge is 0.399 e. The van der Waals surface area contributed by atoms with Crippen LogP contribution in [-0.2, 0) is 4.79 Å². The molecule has 0 unspecified atom stereocenters. The fourth-order valence-corrected chi connectivity index (χ4v) is 2.39. The molecule has 1 aliphatic heterocycles. The Labute approximate surface area is 121 Å². The van der Waals surface area contributed by atoms with Crippen molar-refractivity contribution in [1.82, 2.24) is 0 Å². The van der Waals surface area contributed by atoms with E-state index in [9.17, 15) is 9.18 Å². The molecule has 4 nitrogen and oxygen atoms in total. The number of carbonyl (C=O) groups is 1. The highest BCUT2D eigenvalue weighted by Crippen LogP contribution is 2.28. The van der Waals surface area contributed by atoms with Crippen molar-refractivity contribution < 1.29 is 9.18 Å². The van der Waals surface area contributed by atoms with E-state index in [1.165, 1.54) is 11.0 Å². The van der Waals surface area contributed by atoms with Crippen LogP contribution in [0, 0.1) is 5.82 Å². The first-order chi connectivity index (χ1) is 10.1. The molecule has 0 fully saturated rings. The lowest BCUT2D eigenvalue weighted by Gasteiger charge is -2.18. The van der Waals surface area contributed by atoms with Crippen LogP contribution in [0.15, 0.2) is 47.5 Å². The summed E-state index contributed by atoms with van der Waals surface area (Å²) in [5, 5.41) is 0. The molecular formula is C16H14FN3O. The van der Waals surface area contributed by atoms with Gasteiger partial charge < -0.3 is 10.6 Å². The molecule has 2 aromatic carbocycles. The number of benzene rings is 2. The number of amides is 1. The summed E-state index contributed by atoms with van der Waals surface area (Å²) in [7, 11) is 1.68. The summed E-state index contributed by atoms with van der Waals surface area (Å²) >= 11 is 0. The second-order valence-electron chi connectivity index (χ2n) is 4.87. The van der Waals surface area contributed by atoms with Gasteiger partial charge in [-0.25, -0.2) is 4.39 Å². The molecular weight excluding hydrogens is 275 g/mol. The first-order valence-electron chi connectivity index (χ1n) is 6.53. The quantitative estimate of drug-likeness (QED) is 0.818. The zero-order chi connectivity index (χ0) is 15.0. The van der Waals surface area contributed by atoms with Crippen LogP contribution in [0.1, 0.15) is 11.1 Å². The topological polar surface area (TPSA) is 58.7 Å². The number of nitrogens with zero attached hydrogens (tertiary/aromatic N) is 2. The number of benzodiazepines with no additional fused rings is 1. The standard InChI is InChI=1S/C16H14FN3O/c1-20-14-7-6-10(18)8-12(14)16(19-9-15(20)21)11-4-2-3-5-13(11)17/h2-8H,9,18H2,1H3/i6+1,7+1,8+1,10+1,12+1,14+1. The number of rotatable bonds is 1. The van der Waals surface area contributed by atoms with Crippen molar-refractivity contribution in [3.63, 3.8) is 0 Å². The van der Waals surface area contributed by atoms with Gasteiger partial charge in [0.15, 0.2) is 0 Å². The van der Waals surface area contributed by atoms with Crippen molar-refractivity contribution in [2.24, 2.45) is 4.99 Å². The first kappa shape index (κ1) is 13.3. The van der Waals surface area contributed by atoms with E-state index in [0.717, 1.165) is 0 Å². The molecule has 0 radical (unpaired) electrons. The molecule has 2 N–H and O–H groups in total. The average molecular weight is 289 g/mol. The van der Waals surface area contributed by atoms with E-state index in [1.807, 2.05) is 0 Å². The van der Waals surface area contributed by atoms with Gasteiger partial charge in [0.25, 0.3) is 0 Å². The minimum atomic E-state index is -0.373. The molecule has 106 valence electrons. The number of halogens is 1. The molecule has 3 rings (SSSR count). The van der Waals surface area contributed by atoms with E-state index in [1.54, 1.807) is 43.4 Å². The summed E-state index contributed by atoms with van der Waals surface area (Å²) in [6.45, 7) is -0.0191. The summed E-state index contributed by atoms with van der Waals surface area (Å²) < 4.78 is 14.1. The third-order valence-corrected chi connectivity index (χ3v) is 3.51. The highest BCUT2D eigenvalue weighted by molar-refractivity contribution is 6.19. The Bertz CT molecular complexity index is 755. The van der Waals surface area contributed by atoms with Gasteiger partial charge in [-0.2, -0.15) is 0 Å². The highest BCUT2D eigenvalue weighted by Gasteiger charge is 2.23. The molecule has 21 heavy (non-hydrogen) atoms. The molecule has 2 aromatic rings. The molecule has 0 atom stereocenters. The Kier molecular flexibility index (Phi) is 3.17. The first-order valence-corrected chi connectivity index (χ1v) is 6.53. The summed E-state index contributed by atoms with van der Waals surface area (Å²) in [6, 6.07) is 11.6. The second kappa shape index (κ2) is 5.01. The summed E-state index contributed by atoms with van der Waals surface area (Å²) in [6.07, 6.45) is 0. The monoisotopic (exact) mass is 289 g/mol. The van der Waals surface area contributed by atoms with Crippen molar-refractivity contribution in [2.75, 3.05) is 24.2 Å². The van der Waals surface area contributed by atoms with Gasteiger partial charge in [0.1, 0.15) is 12.4 Å². The lowest BCUT2D eigenvalue weighted by atomic mass is 10.1. The van der Waals surface area contributed by atoms with E-state index in [-0.39, 0.29) is 18.3 Å². The van der Waals surface area contributed by atoms with Gasteiger partial charge in [0.05, 0.1) is 11.4 Å². The summed E-state index contributed by atoms with van der Waals surface area (Å²) in [5.74, 6) is -0.519. The van der Waals surface area contributed by atoms with Crippen molar-refractivity contribution in [2.45, 2.75) is 0 Å². The normalized spacial score (nSPS) is 14.5. The molecule has 1 aliphatic rings. The van der Waals surface area contributed by atoms with Gasteiger partial charge in [-0.05, 0) is 30.3 Å². The SMILES string of the molecule is CN1C(=O)CN=C(c2ccccc2F)[13c]2[13cH][13c](N)[13cH][13cH][13c]21. The Morgan fingerprint density at radius 1 is 1.19 bits per heavy atom. The Morgan fingerprint density at radius 3 is 2.71 bits per heavy atom. The van der Waals surface area contributed by atoms with Crippen molar-refractivity contribution in [1.29, 1.82) is 0 Å². The van der Waals surface area contributed by atoms with Crippen molar-refractivity contribution in [3.8, 4) is 0 Å². The fraction of sp³-hybridized carbons (Fsp3) is 0.125. The van der Waals surface area contributed by atoms with Crippen LogP contribution < -0.4 is 10.6 Å². The van der Waals surface area contributed by atoms with Gasteiger partial charge >= 0.3 is 0 Å². The lowest BCUT2D eigenvalue weighted by Crippen LogP contribution is -2.27. The number of aliphatic imine (C=N–C) groups is 1. The Hall–Kier alpha value is -2.69. The van der Waals surface area contributed by atoms with Gasteiger partial charge in [0.2, 0.25) is 5.91 Å². The predicted octanol–water partition coefficient (Wildman–Crippen LogP) is 2.22. The zero-order valence-corrected chi connectivity index (χ0v) is 11.5. The molecule has 1 heterocycles. The summed E-state index contributed by atoms with van der Waals surface area (Å²) in [5.41, 5.74) is 8.54. The lowest BCUT2D eigenvalue weighted by molar-refractivity contribution is -0.116. The van der Waals surface area contributed by atoms with Crippen LogP contribution in [0.3, 0.4) is 0 Å². The number of nitrogen functional groups attached to an aromatic ring is 1. The Morgan fingerprint density at radius 2 is 1.95 bits per heavy atom. The van der Waals surface area contributed by atoms with Crippen LogP contribution in [-0.4, -0.2) is 25.2 Å². The van der Waals surface area contributed by atoms with Crippen LogP contribution in [0.5, 0.6) is 0 Å². The molecule has 0 bridgehead atoms. The van der Waals surface area contributed by atoms with Gasteiger partial charge in [-0.3, -0.25) is 9.79 Å². The molecule has 5 heteroatoms. The smallest absolute Gasteiger partial charge is 0.248 e. The van der Waals surface area contributed by atoms with E-state index in [0.29, 0.717) is 28.2 Å². The van der Waals surface area contributed by atoms with E-state index >= 15 is 0 Å². The molecule has 0 aromatic heterocycles. The molecule has 0 saturated heterocycles. The fourth-order valence-electron chi connectivity index (χ4n) is 2.39. The van der Waals surface area contributed by atoms with Gasteiger partial charge in [-0.1, -0.05) is 12.1 Å². The van der Waals surface area contributed by atoms with Crippen LogP contribution >= 0.6 is 0 Å². The number of fused-ring (bicyclic) bond motifs is 1. The molecule has 0 saturated carbocycles. The third-order valence-electron chi connectivity index (χ3n) is 3.51. The molecule has 1 amide bonds. The number of carbonyl (C=O) groups excluding carboxylic acids is 1. The van der Waals surface area contributed by atoms with Crippen LogP contribution in [0.4, 0.5) is 15.8 Å². The maximum atomic E-state index is 14.1. The number of likely N-dealkylation sites (N-methyl/N-ethyl adjacent to an activating group) is 1. The maximum Gasteiger partial charge on any atom is 0.248 e.